The Morgan fingerprint density at radius 2 is 1.44 bits per heavy atom. The van der Waals surface area contributed by atoms with Gasteiger partial charge in [0.15, 0.2) is 6.71 Å². The molecule has 0 unspecified atom stereocenters. The van der Waals surface area contributed by atoms with Crippen molar-refractivity contribution >= 4 is 14.8 Å². The van der Waals surface area contributed by atoms with Crippen molar-refractivity contribution in [3.8, 4) is 0 Å². The Hall–Kier alpha value is 0.0218. The summed E-state index contributed by atoms with van der Waals surface area (Å²) in [6.07, 6.45) is 9.06. The van der Waals surface area contributed by atoms with Gasteiger partial charge in [0.05, 0.1) is 8.07 Å². The van der Waals surface area contributed by atoms with Gasteiger partial charge in [-0.2, -0.15) is 0 Å². The molecule has 0 spiro atoms. The van der Waals surface area contributed by atoms with E-state index >= 15 is 0 Å². The summed E-state index contributed by atoms with van der Waals surface area (Å²) in [5.74, 6) is 2.08. The summed E-state index contributed by atoms with van der Waals surface area (Å²) in [6, 6.07) is 0. The van der Waals surface area contributed by atoms with Crippen LogP contribution >= 0.6 is 0 Å². The molecule has 0 aliphatic carbocycles. The van der Waals surface area contributed by atoms with Crippen molar-refractivity contribution < 1.29 is 0 Å². The van der Waals surface area contributed by atoms with E-state index < -0.39 is 8.07 Å². The fourth-order valence-electron chi connectivity index (χ4n) is 4.20. The Morgan fingerprint density at radius 3 is 1.81 bits per heavy atom. The van der Waals surface area contributed by atoms with Crippen molar-refractivity contribution in [2.45, 2.75) is 76.7 Å². The highest BCUT2D eigenvalue weighted by atomic mass is 28.3. The van der Waals surface area contributed by atoms with Gasteiger partial charge in [0.25, 0.3) is 0 Å². The summed E-state index contributed by atoms with van der Waals surface area (Å²) in [5.41, 5.74) is 4.43. The van der Waals surface area contributed by atoms with Crippen molar-refractivity contribution in [3.63, 3.8) is 0 Å². The molecule has 2 rings (SSSR count). The Morgan fingerprint density at radius 1 is 1.00 bits per heavy atom. The Balaban J connectivity index is 2.16. The highest BCUT2D eigenvalue weighted by Crippen LogP contribution is 2.48. The van der Waals surface area contributed by atoms with Crippen LogP contribution in [0.1, 0.15) is 45.4 Å². The maximum atomic E-state index is 2.67. The van der Waals surface area contributed by atoms with E-state index in [-0.39, 0.29) is 0 Å². The molecule has 2 fully saturated rings. The molecule has 0 aromatic carbocycles. The summed E-state index contributed by atoms with van der Waals surface area (Å²) >= 11 is 0. The molecule has 0 nitrogen and oxygen atoms in total. The molecule has 0 saturated carbocycles. The normalized spacial score (nSPS) is 31.8. The fraction of sp³-hybridized carbons (Fsp3) is 0.857. The second kappa shape index (κ2) is 4.72. The summed E-state index contributed by atoms with van der Waals surface area (Å²) < 4.78 is 0. The van der Waals surface area contributed by atoms with Gasteiger partial charge in [-0.25, -0.2) is 0 Å². The largest absolute Gasteiger partial charge is 0.175 e. The van der Waals surface area contributed by atoms with Crippen LogP contribution in [-0.4, -0.2) is 14.8 Å². The summed E-state index contributed by atoms with van der Waals surface area (Å²) in [6.45, 7) is 10.8. The van der Waals surface area contributed by atoms with Gasteiger partial charge in [0.2, 0.25) is 0 Å². The first kappa shape index (κ1) is 12.5. The van der Waals surface area contributed by atoms with Gasteiger partial charge >= 0.3 is 0 Å². The SMILES string of the molecule is C/C(=C\[Si](C)(C)C)B1C2CCCC1CCC2. The minimum absolute atomic E-state index is 0.967. The third kappa shape index (κ3) is 2.82. The molecule has 0 atom stereocenters. The molecule has 0 radical (unpaired) electrons. The van der Waals surface area contributed by atoms with E-state index in [0.29, 0.717) is 0 Å². The van der Waals surface area contributed by atoms with Crippen molar-refractivity contribution in [1.82, 2.24) is 0 Å². The van der Waals surface area contributed by atoms with Crippen LogP contribution in [0.2, 0.25) is 31.3 Å². The van der Waals surface area contributed by atoms with Crippen LogP contribution in [0.3, 0.4) is 0 Å². The van der Waals surface area contributed by atoms with Crippen LogP contribution in [0, 0.1) is 0 Å². The predicted molar refractivity (Wildman–Crippen MR) is 78.1 cm³/mol. The quantitative estimate of drug-likeness (QED) is 0.593. The first-order chi connectivity index (χ1) is 7.47. The number of allylic oxidation sites excluding steroid dienone is 1. The minimum Gasteiger partial charge on any atom is -0.111 e. The van der Waals surface area contributed by atoms with E-state index in [2.05, 4.69) is 32.3 Å². The van der Waals surface area contributed by atoms with Crippen molar-refractivity contribution in [2.24, 2.45) is 0 Å². The standard InChI is InChI=1S/C14H27BSi/c1-12(11-16(2,3)4)15-13-7-5-8-14(15)10-6-9-13/h11,13-14H,5-10H2,1-4H3/b12-11+. The molecular formula is C14H27BSi. The molecule has 2 saturated heterocycles. The van der Waals surface area contributed by atoms with Crippen LogP contribution in [0.25, 0.3) is 0 Å². The van der Waals surface area contributed by atoms with Gasteiger partial charge < -0.3 is 0 Å². The van der Waals surface area contributed by atoms with E-state index in [0.717, 1.165) is 18.3 Å². The Bertz CT molecular complexity index is 255. The first-order valence-electron chi connectivity index (χ1n) is 7.17. The van der Waals surface area contributed by atoms with Crippen molar-refractivity contribution in [1.29, 1.82) is 0 Å². The second-order valence-corrected chi connectivity index (χ2v) is 12.2. The maximum Gasteiger partial charge on any atom is 0.175 e. The molecule has 16 heavy (non-hydrogen) atoms. The highest BCUT2D eigenvalue weighted by Gasteiger charge is 2.40. The molecule has 0 amide bonds. The lowest BCUT2D eigenvalue weighted by molar-refractivity contribution is 0.446. The fourth-order valence-corrected chi connectivity index (χ4v) is 5.76. The van der Waals surface area contributed by atoms with E-state index in [1.807, 2.05) is 0 Å². The maximum absolute atomic E-state index is 2.67. The first-order valence-corrected chi connectivity index (χ1v) is 10.7. The summed E-state index contributed by atoms with van der Waals surface area (Å²) in [7, 11) is -1.01. The lowest BCUT2D eigenvalue weighted by Gasteiger charge is -2.41. The Kier molecular flexibility index (Phi) is 3.68. The molecular weight excluding hydrogens is 207 g/mol. The van der Waals surface area contributed by atoms with Crippen molar-refractivity contribution in [2.75, 3.05) is 0 Å². The monoisotopic (exact) mass is 234 g/mol. The third-order valence-corrected chi connectivity index (χ3v) is 5.82. The molecule has 0 aromatic heterocycles. The third-order valence-electron chi connectivity index (χ3n) is 4.50. The average Bonchev–Trinajstić information content (AvgIpc) is 2.13. The topological polar surface area (TPSA) is 0 Å². The van der Waals surface area contributed by atoms with Crippen LogP contribution in [0.4, 0.5) is 0 Å². The van der Waals surface area contributed by atoms with Gasteiger partial charge in [-0.3, -0.25) is 0 Å². The van der Waals surface area contributed by atoms with Gasteiger partial charge in [-0.15, -0.1) is 11.2 Å². The van der Waals surface area contributed by atoms with Crippen LogP contribution in [0.15, 0.2) is 11.2 Å². The zero-order valence-electron chi connectivity index (χ0n) is 11.6. The van der Waals surface area contributed by atoms with Crippen molar-refractivity contribution in [3.05, 3.63) is 11.2 Å². The highest BCUT2D eigenvalue weighted by molar-refractivity contribution is 6.83. The molecule has 90 valence electrons. The van der Waals surface area contributed by atoms with Gasteiger partial charge in [0, 0.05) is 0 Å². The number of hydrogen-bond donors (Lipinski definition) is 0. The van der Waals surface area contributed by atoms with Crippen LogP contribution in [0.5, 0.6) is 0 Å². The zero-order valence-corrected chi connectivity index (χ0v) is 12.6. The lowest BCUT2D eigenvalue weighted by Crippen LogP contribution is -2.37. The molecule has 2 heterocycles. The predicted octanol–water partition coefficient (Wildman–Crippen LogP) is 4.95. The molecule has 0 N–H and O–H groups in total. The minimum atomic E-state index is -1.01. The summed E-state index contributed by atoms with van der Waals surface area (Å²) in [5, 5.41) is 0. The molecule has 2 bridgehead atoms. The molecule has 0 aromatic rings. The number of fused-ring (bicyclic) bond motifs is 2. The van der Waals surface area contributed by atoms with E-state index in [9.17, 15) is 0 Å². The Labute approximate surface area is 103 Å². The van der Waals surface area contributed by atoms with E-state index in [1.165, 1.54) is 38.5 Å². The van der Waals surface area contributed by atoms with Gasteiger partial charge in [-0.1, -0.05) is 76.7 Å². The van der Waals surface area contributed by atoms with E-state index in [4.69, 9.17) is 0 Å². The summed E-state index contributed by atoms with van der Waals surface area (Å²) in [4.78, 5) is 0. The number of hydrogen-bond acceptors (Lipinski definition) is 0. The second-order valence-electron chi connectivity index (χ2n) is 7.16. The van der Waals surface area contributed by atoms with Crippen LogP contribution < -0.4 is 0 Å². The van der Waals surface area contributed by atoms with E-state index in [1.54, 1.807) is 5.47 Å². The molecule has 2 heteroatoms. The van der Waals surface area contributed by atoms with Crippen LogP contribution in [-0.2, 0) is 0 Å². The smallest absolute Gasteiger partial charge is 0.111 e. The number of rotatable bonds is 2. The average molecular weight is 234 g/mol. The van der Waals surface area contributed by atoms with Gasteiger partial charge in [0.1, 0.15) is 0 Å². The van der Waals surface area contributed by atoms with Gasteiger partial charge in [-0.05, 0) is 0 Å². The lowest BCUT2D eigenvalue weighted by atomic mass is 9.25. The molecule has 2 aliphatic rings. The molecule has 2 aliphatic heterocycles. The zero-order chi connectivity index (χ0) is 11.8.